The number of Topliss-reactive ketones (excluding diaryl/α,β-unsaturated/α-hetero) is 1. The van der Waals surface area contributed by atoms with Gasteiger partial charge in [0.25, 0.3) is 0 Å². The van der Waals surface area contributed by atoms with E-state index in [0.717, 1.165) is 19.3 Å². The molecular formula is C20H32O8. The van der Waals surface area contributed by atoms with Crippen LogP contribution in [0.4, 0.5) is 0 Å². The minimum Gasteiger partial charge on any atom is -0.509 e. The molecule has 0 radical (unpaired) electrons. The van der Waals surface area contributed by atoms with Gasteiger partial charge in [-0.1, -0.05) is 71.1 Å². The fraction of sp³-hybridized carbons (Fsp3) is 0.750. The molecule has 4 N–H and O–H groups in total. The maximum absolute atomic E-state index is 12.1. The molecule has 1 rings (SSSR count). The standard InChI is InChI=1S/C20H32O8/c1-2-3-4-5-6-7-8-9-10-11-12-13(21)15(22)14-16(23)18(28-20(14)27)17(24)19(25)26/h13,17-18,21-22,24H,2-12H2,1H3,(H,25,26)/b15-14-/t13-,17+,18+/m1/s1. The smallest absolute Gasteiger partial charge is 0.346 e. The van der Waals surface area contributed by atoms with Crippen LogP contribution in [0.3, 0.4) is 0 Å². The number of carbonyl (C=O) groups is 3. The Labute approximate surface area is 165 Å². The van der Waals surface area contributed by atoms with Crippen LogP contribution >= 0.6 is 0 Å². The Hall–Kier alpha value is -1.93. The molecule has 0 aliphatic carbocycles. The first kappa shape index (κ1) is 24.1. The van der Waals surface area contributed by atoms with Crippen molar-refractivity contribution in [2.75, 3.05) is 0 Å². The van der Waals surface area contributed by atoms with E-state index in [1.807, 2.05) is 0 Å². The normalized spacial score (nSPS) is 20.8. The van der Waals surface area contributed by atoms with E-state index in [9.17, 15) is 29.7 Å². The van der Waals surface area contributed by atoms with Gasteiger partial charge in [-0.05, 0) is 6.42 Å². The van der Waals surface area contributed by atoms with Gasteiger partial charge in [0.1, 0.15) is 17.4 Å². The molecule has 1 aliphatic rings. The topological polar surface area (TPSA) is 141 Å². The number of aliphatic carboxylic acids is 1. The summed E-state index contributed by atoms with van der Waals surface area (Å²) < 4.78 is 4.54. The number of hydrogen-bond donors (Lipinski definition) is 4. The number of ether oxygens (including phenoxy) is 1. The molecule has 1 aliphatic heterocycles. The lowest BCUT2D eigenvalue weighted by molar-refractivity contribution is -0.161. The summed E-state index contributed by atoms with van der Waals surface area (Å²) in [6.07, 6.45) is 5.65. The number of hydrogen-bond acceptors (Lipinski definition) is 7. The second-order valence-corrected chi connectivity index (χ2v) is 7.22. The minimum atomic E-state index is -2.22. The van der Waals surface area contributed by atoms with Crippen molar-refractivity contribution in [2.45, 2.75) is 95.9 Å². The summed E-state index contributed by atoms with van der Waals surface area (Å²) in [6.45, 7) is 2.19. The minimum absolute atomic E-state index is 0.165. The Kier molecular flexibility index (Phi) is 10.8. The molecule has 0 spiro atoms. The second-order valence-electron chi connectivity index (χ2n) is 7.22. The fourth-order valence-corrected chi connectivity index (χ4v) is 3.17. The number of rotatable bonds is 14. The molecule has 0 aromatic heterocycles. The largest absolute Gasteiger partial charge is 0.509 e. The maximum Gasteiger partial charge on any atom is 0.346 e. The van der Waals surface area contributed by atoms with Crippen molar-refractivity contribution in [1.29, 1.82) is 0 Å². The molecule has 1 fully saturated rings. The van der Waals surface area contributed by atoms with E-state index in [2.05, 4.69) is 11.7 Å². The summed E-state index contributed by atoms with van der Waals surface area (Å²) in [6, 6.07) is 0. The predicted octanol–water partition coefficient (Wildman–Crippen LogP) is 2.41. The van der Waals surface area contributed by atoms with Gasteiger partial charge in [0.05, 0.1) is 0 Å². The van der Waals surface area contributed by atoms with Crippen LogP contribution in [-0.4, -0.2) is 56.5 Å². The molecule has 0 bridgehead atoms. The lowest BCUT2D eigenvalue weighted by Gasteiger charge is -2.11. The van der Waals surface area contributed by atoms with E-state index < -0.39 is 47.4 Å². The van der Waals surface area contributed by atoms with Crippen molar-refractivity contribution in [3.8, 4) is 0 Å². The third-order valence-corrected chi connectivity index (χ3v) is 4.89. The monoisotopic (exact) mass is 400 g/mol. The van der Waals surface area contributed by atoms with Gasteiger partial charge in [0.15, 0.2) is 6.10 Å². The Morgan fingerprint density at radius 2 is 1.43 bits per heavy atom. The summed E-state index contributed by atoms with van der Waals surface area (Å²) >= 11 is 0. The van der Waals surface area contributed by atoms with Crippen LogP contribution in [0, 0.1) is 0 Å². The van der Waals surface area contributed by atoms with E-state index in [0.29, 0.717) is 6.42 Å². The number of aliphatic hydroxyl groups excluding tert-OH is 3. The lowest BCUT2D eigenvalue weighted by Crippen LogP contribution is -2.38. The lowest BCUT2D eigenvalue weighted by atomic mass is 10.00. The van der Waals surface area contributed by atoms with Crippen molar-refractivity contribution in [1.82, 2.24) is 0 Å². The van der Waals surface area contributed by atoms with Gasteiger partial charge >= 0.3 is 11.9 Å². The number of unbranched alkanes of at least 4 members (excludes halogenated alkanes) is 9. The van der Waals surface area contributed by atoms with Crippen LogP contribution in [0.2, 0.25) is 0 Å². The van der Waals surface area contributed by atoms with Crippen molar-refractivity contribution >= 4 is 17.7 Å². The Morgan fingerprint density at radius 3 is 1.93 bits per heavy atom. The summed E-state index contributed by atoms with van der Waals surface area (Å²) in [7, 11) is 0. The van der Waals surface area contributed by atoms with Crippen LogP contribution < -0.4 is 0 Å². The molecule has 0 amide bonds. The average Bonchev–Trinajstić information content (AvgIpc) is 2.95. The highest BCUT2D eigenvalue weighted by Gasteiger charge is 2.47. The van der Waals surface area contributed by atoms with Gasteiger partial charge in [-0.3, -0.25) is 4.79 Å². The first-order valence-electron chi connectivity index (χ1n) is 10.1. The van der Waals surface area contributed by atoms with E-state index in [4.69, 9.17) is 5.11 Å². The number of carboxylic acids is 1. The molecule has 1 saturated heterocycles. The summed E-state index contributed by atoms with van der Waals surface area (Å²) in [4.78, 5) is 34.5. The Bertz CT molecular complexity index is 569. The van der Waals surface area contributed by atoms with Gasteiger partial charge in [-0.15, -0.1) is 0 Å². The van der Waals surface area contributed by atoms with Gasteiger partial charge in [0.2, 0.25) is 11.9 Å². The first-order chi connectivity index (χ1) is 13.3. The fourth-order valence-electron chi connectivity index (χ4n) is 3.17. The zero-order chi connectivity index (χ0) is 21.1. The second kappa shape index (κ2) is 12.5. The van der Waals surface area contributed by atoms with E-state index >= 15 is 0 Å². The number of esters is 1. The van der Waals surface area contributed by atoms with Crippen LogP contribution in [0.15, 0.2) is 11.3 Å². The zero-order valence-electron chi connectivity index (χ0n) is 16.4. The highest BCUT2D eigenvalue weighted by molar-refractivity contribution is 6.24. The van der Waals surface area contributed by atoms with E-state index in [-0.39, 0.29) is 6.42 Å². The Morgan fingerprint density at radius 1 is 0.929 bits per heavy atom. The van der Waals surface area contributed by atoms with Gasteiger partial charge in [-0.25, -0.2) is 9.59 Å². The van der Waals surface area contributed by atoms with Crippen LogP contribution in [0.5, 0.6) is 0 Å². The summed E-state index contributed by atoms with van der Waals surface area (Å²) in [5.74, 6) is -4.93. The van der Waals surface area contributed by atoms with Gasteiger partial charge in [-0.2, -0.15) is 0 Å². The third-order valence-electron chi connectivity index (χ3n) is 4.89. The van der Waals surface area contributed by atoms with Crippen LogP contribution in [0.25, 0.3) is 0 Å². The van der Waals surface area contributed by atoms with Crippen molar-refractivity contribution in [2.24, 2.45) is 0 Å². The maximum atomic E-state index is 12.1. The molecule has 0 aromatic carbocycles. The molecule has 8 nitrogen and oxygen atoms in total. The molecule has 8 heteroatoms. The number of cyclic esters (lactones) is 1. The number of carboxylic acid groups (broad SMARTS) is 1. The molecule has 1 heterocycles. The van der Waals surface area contributed by atoms with Gasteiger partial charge < -0.3 is 25.2 Å². The van der Waals surface area contributed by atoms with Crippen LogP contribution in [0.1, 0.15) is 77.6 Å². The summed E-state index contributed by atoms with van der Waals surface area (Å²) in [5.41, 5.74) is -0.787. The van der Waals surface area contributed by atoms with E-state index in [1.54, 1.807) is 0 Å². The third kappa shape index (κ3) is 7.24. The molecule has 0 saturated carbocycles. The first-order valence-corrected chi connectivity index (χ1v) is 10.1. The van der Waals surface area contributed by atoms with Crippen molar-refractivity contribution in [3.63, 3.8) is 0 Å². The predicted molar refractivity (Wildman–Crippen MR) is 101 cm³/mol. The number of aliphatic hydroxyl groups is 3. The number of ketones is 1. The quantitative estimate of drug-likeness (QED) is 0.114. The van der Waals surface area contributed by atoms with Gasteiger partial charge in [0, 0.05) is 0 Å². The molecule has 160 valence electrons. The van der Waals surface area contributed by atoms with Crippen molar-refractivity contribution < 1.29 is 39.5 Å². The highest BCUT2D eigenvalue weighted by Crippen LogP contribution is 2.24. The van der Waals surface area contributed by atoms with Crippen molar-refractivity contribution in [3.05, 3.63) is 11.3 Å². The molecular weight excluding hydrogens is 368 g/mol. The SMILES string of the molecule is CCCCCCCCCCCC[C@@H](O)/C(O)=C1/C(=O)O[C@H]([C@H](O)C(=O)O)C1=O. The average molecular weight is 400 g/mol. The summed E-state index contributed by atoms with van der Waals surface area (Å²) in [5, 5.41) is 38.2. The Balaban J connectivity index is 2.37. The van der Waals surface area contributed by atoms with Crippen LogP contribution in [-0.2, 0) is 19.1 Å². The molecule has 0 unspecified atom stereocenters. The van der Waals surface area contributed by atoms with E-state index in [1.165, 1.54) is 38.5 Å². The zero-order valence-corrected chi connectivity index (χ0v) is 16.4. The molecule has 28 heavy (non-hydrogen) atoms. The molecule has 3 atom stereocenters. The highest BCUT2D eigenvalue weighted by atomic mass is 16.6. The molecule has 0 aromatic rings. The number of carbonyl (C=O) groups excluding carboxylic acids is 2.